The Kier molecular flexibility index (Phi) is 5.46. The number of nitrogens with zero attached hydrogens (tertiary/aromatic N) is 1. The number of hydrogen-bond donors (Lipinski definition) is 1. The highest BCUT2D eigenvalue weighted by Crippen LogP contribution is 2.30. The molecule has 0 bridgehead atoms. The van der Waals surface area contributed by atoms with Gasteiger partial charge in [0.1, 0.15) is 17.0 Å². The Morgan fingerprint density at radius 2 is 1.92 bits per heavy atom. The summed E-state index contributed by atoms with van der Waals surface area (Å²) < 4.78 is 5.24. The number of thioether (sulfide) groups is 1. The molecule has 0 saturated heterocycles. The van der Waals surface area contributed by atoms with Crippen molar-refractivity contribution in [3.8, 4) is 11.3 Å². The first-order valence-electron chi connectivity index (χ1n) is 7.72. The highest BCUT2D eigenvalue weighted by atomic mass is 35.5. The molecule has 4 nitrogen and oxygen atoms in total. The lowest BCUT2D eigenvalue weighted by Gasteiger charge is -2.07. The number of carbonyl (C=O) groups is 1. The van der Waals surface area contributed by atoms with Crippen LogP contribution in [-0.2, 0) is 6.54 Å². The third kappa shape index (κ3) is 3.89. The summed E-state index contributed by atoms with van der Waals surface area (Å²) in [6, 6.07) is 15.3. The molecule has 0 aliphatic heterocycles. The van der Waals surface area contributed by atoms with Crippen molar-refractivity contribution >= 4 is 29.3 Å². The molecule has 6 heteroatoms. The van der Waals surface area contributed by atoms with E-state index in [9.17, 15) is 4.79 Å². The molecule has 0 spiro atoms. The van der Waals surface area contributed by atoms with Gasteiger partial charge in [0.15, 0.2) is 0 Å². The maximum absolute atomic E-state index is 12.7. The van der Waals surface area contributed by atoms with Crippen LogP contribution in [-0.4, -0.2) is 17.3 Å². The van der Waals surface area contributed by atoms with Gasteiger partial charge in [0.25, 0.3) is 5.91 Å². The zero-order chi connectivity index (χ0) is 17.8. The number of nitrogens with one attached hydrogen (secondary N) is 1. The quantitative estimate of drug-likeness (QED) is 0.643. The van der Waals surface area contributed by atoms with Gasteiger partial charge in [-0.05, 0) is 36.9 Å². The topological polar surface area (TPSA) is 55.1 Å². The molecule has 128 valence electrons. The number of benzene rings is 2. The maximum atomic E-state index is 12.7. The summed E-state index contributed by atoms with van der Waals surface area (Å²) in [5, 5.41) is 7.47. The molecule has 3 aromatic rings. The summed E-state index contributed by atoms with van der Waals surface area (Å²) in [5.74, 6) is 0.229. The predicted octanol–water partition coefficient (Wildman–Crippen LogP) is 4.96. The standard InChI is InChI=1S/C19H17ClN2O2S/c1-12-17(18(22-24-12)15-5-3-4-6-16(15)20)19(23)21-11-13-7-9-14(25-2)10-8-13/h3-10H,11H2,1-2H3,(H,21,23). The molecule has 0 unspecified atom stereocenters. The van der Waals surface area contributed by atoms with Gasteiger partial charge in [-0.15, -0.1) is 11.8 Å². The number of aromatic nitrogens is 1. The molecule has 0 saturated carbocycles. The smallest absolute Gasteiger partial charge is 0.257 e. The Hall–Kier alpha value is -2.24. The SMILES string of the molecule is CSc1ccc(CNC(=O)c2c(-c3ccccc3Cl)noc2C)cc1. The second-order valence-corrected chi connectivity index (χ2v) is 6.76. The molecule has 1 N–H and O–H groups in total. The van der Waals surface area contributed by atoms with Crippen molar-refractivity contribution in [2.45, 2.75) is 18.4 Å². The van der Waals surface area contributed by atoms with E-state index in [4.69, 9.17) is 16.1 Å². The summed E-state index contributed by atoms with van der Waals surface area (Å²) >= 11 is 7.91. The van der Waals surface area contributed by atoms with Crippen molar-refractivity contribution in [1.29, 1.82) is 0 Å². The number of halogens is 1. The van der Waals surface area contributed by atoms with E-state index >= 15 is 0 Å². The Morgan fingerprint density at radius 1 is 1.20 bits per heavy atom. The van der Waals surface area contributed by atoms with Crippen molar-refractivity contribution in [1.82, 2.24) is 10.5 Å². The maximum Gasteiger partial charge on any atom is 0.257 e. The predicted molar refractivity (Wildman–Crippen MR) is 101 cm³/mol. The highest BCUT2D eigenvalue weighted by Gasteiger charge is 2.22. The lowest BCUT2D eigenvalue weighted by molar-refractivity contribution is 0.0950. The molecule has 0 atom stereocenters. The second kappa shape index (κ2) is 7.76. The molecular formula is C19H17ClN2O2S. The molecule has 0 aliphatic carbocycles. The molecule has 0 aliphatic rings. The molecule has 3 rings (SSSR count). The minimum absolute atomic E-state index is 0.234. The highest BCUT2D eigenvalue weighted by molar-refractivity contribution is 7.98. The fraction of sp³-hybridized carbons (Fsp3) is 0.158. The van der Waals surface area contributed by atoms with E-state index in [0.717, 1.165) is 5.56 Å². The second-order valence-electron chi connectivity index (χ2n) is 5.47. The molecule has 25 heavy (non-hydrogen) atoms. The zero-order valence-electron chi connectivity index (χ0n) is 13.9. The van der Waals surface area contributed by atoms with Gasteiger partial charge in [0, 0.05) is 17.0 Å². The largest absolute Gasteiger partial charge is 0.360 e. The summed E-state index contributed by atoms with van der Waals surface area (Å²) in [6.45, 7) is 2.15. The fourth-order valence-electron chi connectivity index (χ4n) is 2.49. The molecule has 0 radical (unpaired) electrons. The Bertz CT molecular complexity index is 891. The fourth-order valence-corrected chi connectivity index (χ4v) is 3.12. The first-order chi connectivity index (χ1) is 12.1. The molecule has 1 heterocycles. The van der Waals surface area contributed by atoms with Gasteiger partial charge >= 0.3 is 0 Å². The van der Waals surface area contributed by atoms with E-state index in [0.29, 0.717) is 34.1 Å². The van der Waals surface area contributed by atoms with E-state index in [1.54, 1.807) is 24.8 Å². The molecule has 0 fully saturated rings. The summed E-state index contributed by atoms with van der Waals surface area (Å²) in [5.41, 5.74) is 2.57. The van der Waals surface area contributed by atoms with Gasteiger partial charge in [0.05, 0.1) is 5.02 Å². The summed E-state index contributed by atoms with van der Waals surface area (Å²) in [7, 11) is 0. The molecular weight excluding hydrogens is 356 g/mol. The zero-order valence-corrected chi connectivity index (χ0v) is 15.4. The number of rotatable bonds is 5. The van der Waals surface area contributed by atoms with E-state index in [2.05, 4.69) is 10.5 Å². The van der Waals surface area contributed by atoms with Crippen molar-refractivity contribution in [2.24, 2.45) is 0 Å². The van der Waals surface area contributed by atoms with Crippen molar-refractivity contribution in [3.63, 3.8) is 0 Å². The lowest BCUT2D eigenvalue weighted by atomic mass is 10.1. The van der Waals surface area contributed by atoms with E-state index in [1.165, 1.54) is 4.90 Å². The lowest BCUT2D eigenvalue weighted by Crippen LogP contribution is -2.23. The van der Waals surface area contributed by atoms with E-state index in [-0.39, 0.29) is 5.91 Å². The van der Waals surface area contributed by atoms with Crippen molar-refractivity contribution < 1.29 is 9.32 Å². The van der Waals surface area contributed by atoms with E-state index in [1.807, 2.05) is 48.7 Å². The van der Waals surface area contributed by atoms with Crippen LogP contribution in [0.3, 0.4) is 0 Å². The third-order valence-corrected chi connectivity index (χ3v) is 4.90. The van der Waals surface area contributed by atoms with Crippen LogP contribution < -0.4 is 5.32 Å². The van der Waals surface area contributed by atoms with Gasteiger partial charge in [-0.25, -0.2) is 0 Å². The normalized spacial score (nSPS) is 10.7. The molecule has 1 amide bonds. The van der Waals surface area contributed by atoms with Gasteiger partial charge in [-0.1, -0.05) is 47.1 Å². The third-order valence-electron chi connectivity index (χ3n) is 3.83. The number of hydrogen-bond acceptors (Lipinski definition) is 4. The average Bonchev–Trinajstić information content (AvgIpc) is 3.02. The summed E-state index contributed by atoms with van der Waals surface area (Å²) in [4.78, 5) is 13.9. The van der Waals surface area contributed by atoms with Gasteiger partial charge in [-0.3, -0.25) is 4.79 Å². The van der Waals surface area contributed by atoms with Gasteiger partial charge in [-0.2, -0.15) is 0 Å². The van der Waals surface area contributed by atoms with Crippen LogP contribution in [0, 0.1) is 6.92 Å². The van der Waals surface area contributed by atoms with Crippen LogP contribution in [0.5, 0.6) is 0 Å². The first kappa shape index (κ1) is 17.6. The summed E-state index contributed by atoms with van der Waals surface area (Å²) in [6.07, 6.45) is 2.03. The number of aryl methyl sites for hydroxylation is 1. The molecule has 2 aromatic carbocycles. The van der Waals surface area contributed by atoms with Gasteiger partial charge in [0.2, 0.25) is 0 Å². The molecule has 1 aromatic heterocycles. The average molecular weight is 373 g/mol. The monoisotopic (exact) mass is 372 g/mol. The van der Waals surface area contributed by atoms with Crippen molar-refractivity contribution in [2.75, 3.05) is 6.26 Å². The number of amides is 1. The van der Waals surface area contributed by atoms with Crippen molar-refractivity contribution in [3.05, 3.63) is 70.4 Å². The Balaban J connectivity index is 1.80. The van der Waals surface area contributed by atoms with Crippen LogP contribution in [0.1, 0.15) is 21.7 Å². The minimum atomic E-state index is -0.234. The van der Waals surface area contributed by atoms with Crippen LogP contribution in [0.4, 0.5) is 0 Å². The first-order valence-corrected chi connectivity index (χ1v) is 9.32. The van der Waals surface area contributed by atoms with Crippen LogP contribution in [0.2, 0.25) is 5.02 Å². The van der Waals surface area contributed by atoms with Crippen LogP contribution in [0.25, 0.3) is 11.3 Å². The minimum Gasteiger partial charge on any atom is -0.360 e. The van der Waals surface area contributed by atoms with Crippen LogP contribution >= 0.6 is 23.4 Å². The van der Waals surface area contributed by atoms with E-state index < -0.39 is 0 Å². The Morgan fingerprint density at radius 3 is 2.60 bits per heavy atom. The number of carbonyl (C=O) groups excluding carboxylic acids is 1. The Labute approximate surface area is 155 Å². The van der Waals surface area contributed by atoms with Gasteiger partial charge < -0.3 is 9.84 Å². The van der Waals surface area contributed by atoms with Crippen LogP contribution in [0.15, 0.2) is 57.9 Å².